The maximum atomic E-state index is 14.3. The number of aromatic nitrogens is 2. The highest BCUT2D eigenvalue weighted by Gasteiger charge is 2.62. The standard InChI is InChI=1S/C38H47N5O7S2/c1-21(2)30-20-51-35(40-30)29-18-32(26-13-14-31(49-5)22(3)33(26)39-29)50-24-16-27-28(17-24)36(45)43(4)15-9-7-6-8-10-23-19-38(23,41-34(27)44)37(46)42-52(47,48)25-11-12-25/h8,10,13-14,18,20-21,23-25,27-28H,6-7,9,11-12,15-17,19H2,1-5H3,(H,41,44)(H,42,46)/b10-8+. The Morgan fingerprint density at radius 3 is 2.60 bits per heavy atom. The number of amides is 3. The lowest BCUT2D eigenvalue weighted by molar-refractivity contribution is -0.140. The fourth-order valence-corrected chi connectivity index (χ4v) is 9.85. The third-order valence-electron chi connectivity index (χ3n) is 11.0. The molecule has 0 spiro atoms. The van der Waals surface area contributed by atoms with Crippen LogP contribution in [0.15, 0.2) is 35.7 Å². The molecule has 0 saturated heterocycles. The Hall–Kier alpha value is -4.04. The van der Waals surface area contributed by atoms with E-state index in [-0.39, 0.29) is 30.6 Å². The molecule has 3 saturated carbocycles. The first kappa shape index (κ1) is 36.3. The SMILES string of the molecule is COc1ccc2c(OC3CC4C(=O)NC5(C(=O)NS(=O)(=O)C6CC6)CC5/C=C/CCCCN(C)C(=O)C4C3)cc(-c3nc(C(C)C)cs3)nc2c1C. The molecule has 1 aliphatic heterocycles. The molecule has 12 nitrogen and oxygen atoms in total. The first-order chi connectivity index (χ1) is 24.8. The highest BCUT2D eigenvalue weighted by Crippen LogP contribution is 2.47. The third kappa shape index (κ3) is 7.03. The predicted octanol–water partition coefficient (Wildman–Crippen LogP) is 5.25. The van der Waals surface area contributed by atoms with Crippen LogP contribution in [0.3, 0.4) is 0 Å². The Morgan fingerprint density at radius 1 is 1.12 bits per heavy atom. The average molecular weight is 750 g/mol. The van der Waals surface area contributed by atoms with Crippen LogP contribution in [-0.4, -0.2) is 78.6 Å². The molecule has 5 unspecified atom stereocenters. The van der Waals surface area contributed by atoms with Crippen molar-refractivity contribution < 1.29 is 32.3 Å². The molecule has 0 radical (unpaired) electrons. The van der Waals surface area contributed by atoms with Gasteiger partial charge in [-0.2, -0.15) is 0 Å². The zero-order valence-electron chi connectivity index (χ0n) is 30.3. The summed E-state index contributed by atoms with van der Waals surface area (Å²) in [5, 5.41) is 5.95. The number of nitrogens with zero attached hydrogens (tertiary/aromatic N) is 3. The summed E-state index contributed by atoms with van der Waals surface area (Å²) in [7, 11) is -0.445. The van der Waals surface area contributed by atoms with Gasteiger partial charge in [-0.15, -0.1) is 11.3 Å². The highest BCUT2D eigenvalue weighted by atomic mass is 32.2. The van der Waals surface area contributed by atoms with Crippen molar-refractivity contribution in [1.29, 1.82) is 0 Å². The van der Waals surface area contributed by atoms with Crippen LogP contribution in [-0.2, 0) is 24.4 Å². The Balaban J connectivity index is 1.21. The maximum Gasteiger partial charge on any atom is 0.259 e. The number of nitrogens with one attached hydrogen (secondary N) is 2. The number of hydrogen-bond donors (Lipinski definition) is 2. The second-order valence-electron chi connectivity index (χ2n) is 15.1. The normalized spacial score (nSPS) is 27.4. The molecule has 278 valence electrons. The zero-order valence-corrected chi connectivity index (χ0v) is 31.9. The number of sulfonamides is 1. The van der Waals surface area contributed by atoms with E-state index in [1.807, 2.05) is 42.7 Å². The van der Waals surface area contributed by atoms with Gasteiger partial charge < -0.3 is 19.7 Å². The Kier molecular flexibility index (Phi) is 9.83. The number of aryl methyl sites for hydroxylation is 1. The number of thiazole rings is 1. The number of benzene rings is 1. The van der Waals surface area contributed by atoms with Crippen LogP contribution in [0.1, 0.15) is 82.4 Å². The van der Waals surface area contributed by atoms with Crippen molar-refractivity contribution >= 4 is 50.0 Å². The monoisotopic (exact) mass is 749 g/mol. The third-order valence-corrected chi connectivity index (χ3v) is 13.7. The Bertz CT molecular complexity index is 2040. The fraction of sp³-hybridized carbons (Fsp3) is 0.553. The van der Waals surface area contributed by atoms with E-state index in [0.717, 1.165) is 40.9 Å². The van der Waals surface area contributed by atoms with Gasteiger partial charge in [0.1, 0.15) is 33.8 Å². The van der Waals surface area contributed by atoms with Gasteiger partial charge in [-0.3, -0.25) is 19.1 Å². The first-order valence-corrected chi connectivity index (χ1v) is 20.6. The molecule has 3 aliphatic carbocycles. The number of carbonyl (C=O) groups excluding carboxylic acids is 3. The number of allylic oxidation sites excluding steroid dienone is 1. The lowest BCUT2D eigenvalue weighted by atomic mass is 9.93. The molecule has 52 heavy (non-hydrogen) atoms. The van der Waals surface area contributed by atoms with Gasteiger partial charge in [0.25, 0.3) is 5.91 Å². The van der Waals surface area contributed by atoms with E-state index in [2.05, 4.69) is 23.9 Å². The molecule has 0 bridgehead atoms. The van der Waals surface area contributed by atoms with Gasteiger partial charge >= 0.3 is 0 Å². The van der Waals surface area contributed by atoms with Crippen molar-refractivity contribution in [2.75, 3.05) is 20.7 Å². The van der Waals surface area contributed by atoms with Crippen molar-refractivity contribution in [3.63, 3.8) is 0 Å². The van der Waals surface area contributed by atoms with Gasteiger partial charge in [-0.25, -0.2) is 18.4 Å². The van der Waals surface area contributed by atoms with E-state index in [1.54, 1.807) is 19.1 Å². The summed E-state index contributed by atoms with van der Waals surface area (Å²) >= 11 is 1.51. The van der Waals surface area contributed by atoms with Crippen LogP contribution in [0.2, 0.25) is 0 Å². The van der Waals surface area contributed by atoms with Gasteiger partial charge in [0.15, 0.2) is 0 Å². The number of ether oxygens (including phenoxy) is 2. The second-order valence-corrected chi connectivity index (χ2v) is 17.9. The van der Waals surface area contributed by atoms with E-state index in [4.69, 9.17) is 19.4 Å². The van der Waals surface area contributed by atoms with Gasteiger partial charge in [-0.05, 0) is 76.3 Å². The summed E-state index contributed by atoms with van der Waals surface area (Å²) in [5.74, 6) is -1.63. The van der Waals surface area contributed by atoms with Gasteiger partial charge in [-0.1, -0.05) is 26.0 Å². The number of rotatable bonds is 8. The molecular weight excluding hydrogens is 703 g/mol. The molecule has 14 heteroatoms. The number of pyridine rings is 1. The summed E-state index contributed by atoms with van der Waals surface area (Å²) < 4.78 is 40.2. The summed E-state index contributed by atoms with van der Waals surface area (Å²) in [6, 6.07) is 5.66. The fourth-order valence-electron chi connectivity index (χ4n) is 7.55. The molecule has 3 amide bonds. The lowest BCUT2D eigenvalue weighted by Gasteiger charge is -2.26. The minimum atomic E-state index is -3.83. The van der Waals surface area contributed by atoms with Crippen LogP contribution in [0.25, 0.3) is 21.6 Å². The molecule has 3 aromatic rings. The predicted molar refractivity (Wildman–Crippen MR) is 199 cm³/mol. The number of carbonyl (C=O) groups is 3. The minimum absolute atomic E-state index is 0.147. The van der Waals surface area contributed by atoms with Crippen LogP contribution in [0.5, 0.6) is 11.5 Å². The number of fused-ring (bicyclic) bond motifs is 3. The van der Waals surface area contributed by atoms with Crippen molar-refractivity contribution in [1.82, 2.24) is 24.9 Å². The number of methoxy groups -OCH3 is 1. The van der Waals surface area contributed by atoms with E-state index in [9.17, 15) is 22.8 Å². The Morgan fingerprint density at radius 2 is 1.88 bits per heavy atom. The minimum Gasteiger partial charge on any atom is -0.496 e. The van der Waals surface area contributed by atoms with Gasteiger partial charge in [0.05, 0.1) is 35.4 Å². The van der Waals surface area contributed by atoms with Gasteiger partial charge in [0, 0.05) is 41.9 Å². The molecule has 3 heterocycles. The Labute approximate surface area is 308 Å². The van der Waals surface area contributed by atoms with Crippen LogP contribution in [0, 0.1) is 24.7 Å². The largest absolute Gasteiger partial charge is 0.496 e. The van der Waals surface area contributed by atoms with Crippen molar-refractivity contribution in [3.8, 4) is 22.2 Å². The van der Waals surface area contributed by atoms with Gasteiger partial charge in [0.2, 0.25) is 21.8 Å². The molecular formula is C38H47N5O7S2. The van der Waals surface area contributed by atoms with E-state index in [1.165, 1.54) is 11.3 Å². The number of hydrogen-bond acceptors (Lipinski definition) is 10. The molecule has 4 aliphatic rings. The summed E-state index contributed by atoms with van der Waals surface area (Å²) in [5.41, 5.74) is 1.79. The molecule has 2 aromatic heterocycles. The molecule has 2 N–H and O–H groups in total. The topological polar surface area (TPSA) is 157 Å². The quantitative estimate of drug-likeness (QED) is 0.294. The van der Waals surface area contributed by atoms with E-state index in [0.29, 0.717) is 48.5 Å². The summed E-state index contributed by atoms with van der Waals surface area (Å²) in [6.45, 7) is 6.69. The molecule has 1 aromatic carbocycles. The van der Waals surface area contributed by atoms with Crippen molar-refractivity contribution in [2.45, 2.75) is 94.9 Å². The lowest BCUT2D eigenvalue weighted by Crippen LogP contribution is -2.54. The van der Waals surface area contributed by atoms with Crippen molar-refractivity contribution in [3.05, 3.63) is 47.0 Å². The zero-order chi connectivity index (χ0) is 36.9. The van der Waals surface area contributed by atoms with Crippen molar-refractivity contribution in [2.24, 2.45) is 17.8 Å². The first-order valence-electron chi connectivity index (χ1n) is 18.2. The van der Waals surface area contributed by atoms with Crippen LogP contribution in [0.4, 0.5) is 0 Å². The smallest absolute Gasteiger partial charge is 0.259 e. The maximum absolute atomic E-state index is 14.3. The summed E-state index contributed by atoms with van der Waals surface area (Å²) in [4.78, 5) is 53.5. The van der Waals surface area contributed by atoms with E-state index < -0.39 is 50.6 Å². The molecule has 7 rings (SSSR count). The molecule has 5 atom stereocenters. The highest BCUT2D eigenvalue weighted by molar-refractivity contribution is 7.91. The molecule has 3 fully saturated rings. The second kappa shape index (κ2) is 14.1. The summed E-state index contributed by atoms with van der Waals surface area (Å²) in [6.07, 6.45) is 7.61. The van der Waals surface area contributed by atoms with Crippen LogP contribution >= 0.6 is 11.3 Å². The van der Waals surface area contributed by atoms with E-state index >= 15 is 0 Å². The van der Waals surface area contributed by atoms with Crippen LogP contribution < -0.4 is 19.5 Å². The average Bonchev–Trinajstić information content (AvgIpc) is 3.98.